The zero-order chi connectivity index (χ0) is 13.1. The van der Waals surface area contributed by atoms with Gasteiger partial charge >= 0.3 is 0 Å². The highest BCUT2D eigenvalue weighted by atomic mass is 28.4. The predicted molar refractivity (Wildman–Crippen MR) is 81.1 cm³/mol. The van der Waals surface area contributed by atoms with Crippen molar-refractivity contribution in [3.63, 3.8) is 0 Å². The Morgan fingerprint density at radius 3 is 1.53 bits per heavy atom. The van der Waals surface area contributed by atoms with Gasteiger partial charge in [-0.25, -0.2) is 0 Å². The van der Waals surface area contributed by atoms with Crippen molar-refractivity contribution >= 4 is 8.32 Å². The van der Waals surface area contributed by atoms with Gasteiger partial charge in [-0.1, -0.05) is 60.3 Å². The first kappa shape index (κ1) is 17.2. The molecule has 0 bridgehead atoms. The summed E-state index contributed by atoms with van der Waals surface area (Å²) in [6.45, 7) is 11.5. The molecule has 104 valence electrons. The summed E-state index contributed by atoms with van der Waals surface area (Å²) in [6.07, 6.45) is 8.14. The molecule has 0 heterocycles. The van der Waals surface area contributed by atoms with Gasteiger partial charge in [-0.15, -0.1) is 0 Å². The van der Waals surface area contributed by atoms with Crippen LogP contribution in [0.4, 0.5) is 0 Å². The first-order chi connectivity index (χ1) is 8.17. The molecule has 1 nitrogen and oxygen atoms in total. The third-order valence-electron chi connectivity index (χ3n) is 3.60. The molecule has 0 saturated carbocycles. The molecule has 1 unspecified atom stereocenters. The lowest BCUT2D eigenvalue weighted by Crippen LogP contribution is -2.41. The fraction of sp³-hybridized carbons (Fsp3) is 1.00. The van der Waals surface area contributed by atoms with Crippen molar-refractivity contribution in [3.05, 3.63) is 0 Å². The fourth-order valence-corrected chi connectivity index (χ4v) is 7.77. The highest BCUT2D eigenvalue weighted by Crippen LogP contribution is 2.30. The van der Waals surface area contributed by atoms with Crippen LogP contribution in [0.2, 0.25) is 18.1 Å². The van der Waals surface area contributed by atoms with E-state index >= 15 is 0 Å². The van der Waals surface area contributed by atoms with Crippen LogP contribution in [0.3, 0.4) is 0 Å². The molecule has 0 radical (unpaired) electrons. The van der Waals surface area contributed by atoms with Crippen molar-refractivity contribution in [1.29, 1.82) is 0 Å². The van der Waals surface area contributed by atoms with Crippen molar-refractivity contribution in [2.75, 3.05) is 0 Å². The van der Waals surface area contributed by atoms with Gasteiger partial charge in [0, 0.05) is 6.10 Å². The number of hydrogen-bond donors (Lipinski definition) is 0. The highest BCUT2D eigenvalue weighted by molar-refractivity contribution is 6.73. The number of hydrogen-bond acceptors (Lipinski definition) is 1. The summed E-state index contributed by atoms with van der Waals surface area (Å²) in [6, 6.07) is 4.11. The van der Waals surface area contributed by atoms with Crippen molar-refractivity contribution < 1.29 is 4.43 Å². The third kappa shape index (κ3) is 6.61. The Balaban J connectivity index is 4.59. The molecule has 17 heavy (non-hydrogen) atoms. The summed E-state index contributed by atoms with van der Waals surface area (Å²) in [5.74, 6) is 0. The molecule has 0 aliphatic heterocycles. The Morgan fingerprint density at radius 2 is 1.24 bits per heavy atom. The molecule has 0 amide bonds. The van der Waals surface area contributed by atoms with Crippen LogP contribution in [0.5, 0.6) is 0 Å². The van der Waals surface area contributed by atoms with Gasteiger partial charge in [0.15, 0.2) is 8.32 Å². The molecule has 0 fully saturated rings. The summed E-state index contributed by atoms with van der Waals surface area (Å²) in [4.78, 5) is 0. The minimum absolute atomic E-state index is 0.538. The Hall–Kier alpha value is 0.177. The minimum Gasteiger partial charge on any atom is -0.414 e. The molecule has 0 aromatic carbocycles. The Morgan fingerprint density at radius 1 is 0.765 bits per heavy atom. The van der Waals surface area contributed by atoms with Crippen LogP contribution in [-0.2, 0) is 4.43 Å². The predicted octanol–water partition coefficient (Wildman–Crippen LogP) is 5.76. The monoisotopic (exact) mass is 258 g/mol. The van der Waals surface area contributed by atoms with Crippen LogP contribution >= 0.6 is 0 Å². The van der Waals surface area contributed by atoms with Gasteiger partial charge in [-0.3, -0.25) is 0 Å². The van der Waals surface area contributed by atoms with Gasteiger partial charge in [0.25, 0.3) is 0 Å². The van der Waals surface area contributed by atoms with Gasteiger partial charge in [-0.05, 0) is 31.0 Å². The van der Waals surface area contributed by atoms with E-state index in [1.807, 2.05) is 0 Å². The lowest BCUT2D eigenvalue weighted by molar-refractivity contribution is 0.169. The summed E-state index contributed by atoms with van der Waals surface area (Å²) < 4.78 is 6.69. The van der Waals surface area contributed by atoms with E-state index in [4.69, 9.17) is 4.43 Å². The maximum atomic E-state index is 6.69. The van der Waals surface area contributed by atoms with Crippen LogP contribution in [-0.4, -0.2) is 14.4 Å². The SMILES string of the molecule is CCCC(CC)O[Si](CCC)(CCC)CCC. The van der Waals surface area contributed by atoms with Crippen molar-refractivity contribution in [1.82, 2.24) is 0 Å². The topological polar surface area (TPSA) is 9.23 Å². The highest BCUT2D eigenvalue weighted by Gasteiger charge is 2.34. The summed E-state index contributed by atoms with van der Waals surface area (Å²) in [5, 5.41) is 0. The smallest absolute Gasteiger partial charge is 0.193 e. The zero-order valence-electron chi connectivity index (χ0n) is 12.8. The summed E-state index contributed by atoms with van der Waals surface area (Å²) in [7, 11) is -1.42. The van der Waals surface area contributed by atoms with Gasteiger partial charge < -0.3 is 4.43 Å². The second-order valence-electron chi connectivity index (χ2n) is 5.37. The van der Waals surface area contributed by atoms with E-state index in [2.05, 4.69) is 34.6 Å². The molecule has 0 spiro atoms. The van der Waals surface area contributed by atoms with Crippen molar-refractivity contribution in [2.24, 2.45) is 0 Å². The van der Waals surface area contributed by atoms with Crippen LogP contribution in [0, 0.1) is 0 Å². The average molecular weight is 259 g/mol. The molecule has 0 rings (SSSR count). The van der Waals surface area contributed by atoms with Gasteiger partial charge in [-0.2, -0.15) is 0 Å². The standard InChI is InChI=1S/C15H34OSi/c1-6-11-15(10-5)16-17(12-7-2,13-8-3)14-9-4/h15H,6-14H2,1-5H3. The Labute approximate surface area is 110 Å². The van der Waals surface area contributed by atoms with E-state index < -0.39 is 8.32 Å². The molecule has 0 aliphatic carbocycles. The van der Waals surface area contributed by atoms with Crippen LogP contribution in [0.1, 0.15) is 73.1 Å². The molecule has 0 aliphatic rings. The first-order valence-corrected chi connectivity index (χ1v) is 10.4. The Bertz CT molecular complexity index is 153. The maximum Gasteiger partial charge on any atom is 0.193 e. The summed E-state index contributed by atoms with van der Waals surface area (Å²) in [5.41, 5.74) is 0. The van der Waals surface area contributed by atoms with Crippen molar-refractivity contribution in [2.45, 2.75) is 97.4 Å². The molecule has 0 saturated heterocycles. The van der Waals surface area contributed by atoms with E-state index in [0.29, 0.717) is 6.10 Å². The largest absolute Gasteiger partial charge is 0.414 e. The lowest BCUT2D eigenvalue weighted by Gasteiger charge is -2.35. The lowest BCUT2D eigenvalue weighted by atomic mass is 10.2. The van der Waals surface area contributed by atoms with Gasteiger partial charge in [0.2, 0.25) is 0 Å². The molecule has 0 N–H and O–H groups in total. The van der Waals surface area contributed by atoms with Crippen LogP contribution in [0.15, 0.2) is 0 Å². The molecule has 0 aromatic rings. The van der Waals surface area contributed by atoms with E-state index in [1.54, 1.807) is 0 Å². The average Bonchev–Trinajstić information content (AvgIpc) is 2.29. The normalized spacial score (nSPS) is 13.9. The van der Waals surface area contributed by atoms with E-state index in [1.165, 1.54) is 56.7 Å². The van der Waals surface area contributed by atoms with Crippen LogP contribution in [0.25, 0.3) is 0 Å². The van der Waals surface area contributed by atoms with Gasteiger partial charge in [0.1, 0.15) is 0 Å². The summed E-state index contributed by atoms with van der Waals surface area (Å²) >= 11 is 0. The molecular formula is C15H34OSi. The minimum atomic E-state index is -1.42. The van der Waals surface area contributed by atoms with E-state index in [0.717, 1.165) is 0 Å². The third-order valence-corrected chi connectivity index (χ3v) is 8.67. The fourth-order valence-electron chi connectivity index (χ4n) is 2.94. The van der Waals surface area contributed by atoms with Crippen molar-refractivity contribution in [3.8, 4) is 0 Å². The molecule has 1 atom stereocenters. The Kier molecular flexibility index (Phi) is 10.2. The zero-order valence-corrected chi connectivity index (χ0v) is 13.8. The molecule has 0 aromatic heterocycles. The molecular weight excluding hydrogens is 224 g/mol. The first-order valence-electron chi connectivity index (χ1n) is 7.85. The maximum absolute atomic E-state index is 6.69. The van der Waals surface area contributed by atoms with Crippen LogP contribution < -0.4 is 0 Å². The number of rotatable bonds is 11. The quantitative estimate of drug-likeness (QED) is 0.428. The second-order valence-corrected chi connectivity index (χ2v) is 9.47. The second kappa shape index (κ2) is 10.1. The van der Waals surface area contributed by atoms with E-state index in [9.17, 15) is 0 Å². The van der Waals surface area contributed by atoms with E-state index in [-0.39, 0.29) is 0 Å². The van der Waals surface area contributed by atoms with Gasteiger partial charge in [0.05, 0.1) is 0 Å². The molecule has 2 heteroatoms.